The third kappa shape index (κ3) is 3.81. The summed E-state index contributed by atoms with van der Waals surface area (Å²) in [5.41, 5.74) is 1.44. The van der Waals surface area contributed by atoms with Crippen LogP contribution in [0.2, 0.25) is 0 Å². The Kier molecular flexibility index (Phi) is 4.57. The molecule has 112 valence electrons. The monoisotopic (exact) mass is 290 g/mol. The molecule has 0 saturated carbocycles. The van der Waals surface area contributed by atoms with E-state index in [1.807, 2.05) is 24.3 Å². The summed E-state index contributed by atoms with van der Waals surface area (Å²) in [4.78, 5) is 28.5. The van der Waals surface area contributed by atoms with Crippen molar-refractivity contribution in [2.45, 2.75) is 32.7 Å². The maximum atomic E-state index is 12.1. The van der Waals surface area contributed by atoms with Crippen molar-refractivity contribution < 1.29 is 19.1 Å². The van der Waals surface area contributed by atoms with Crippen LogP contribution in [-0.4, -0.2) is 39.5 Å². The van der Waals surface area contributed by atoms with E-state index in [4.69, 9.17) is 9.52 Å². The van der Waals surface area contributed by atoms with E-state index in [0.29, 0.717) is 17.9 Å². The highest BCUT2D eigenvalue weighted by Crippen LogP contribution is 2.16. The Labute approximate surface area is 122 Å². The molecule has 0 bridgehead atoms. The number of aryl methyl sites for hydroxylation is 1. The first-order chi connectivity index (χ1) is 9.97. The van der Waals surface area contributed by atoms with Gasteiger partial charge in [-0.25, -0.2) is 4.98 Å². The summed E-state index contributed by atoms with van der Waals surface area (Å²) in [5.74, 6) is -0.739. The molecule has 0 saturated heterocycles. The number of carboxylic acids is 1. The number of hydrogen-bond acceptors (Lipinski definition) is 4. The van der Waals surface area contributed by atoms with Gasteiger partial charge in [0.15, 0.2) is 11.5 Å². The second kappa shape index (κ2) is 6.39. The van der Waals surface area contributed by atoms with E-state index in [1.54, 1.807) is 13.8 Å². The predicted octanol–water partition coefficient (Wildman–Crippen LogP) is 2.08. The number of rotatable bonds is 6. The lowest BCUT2D eigenvalue weighted by molar-refractivity contribution is -0.145. The first-order valence-electron chi connectivity index (χ1n) is 6.83. The molecule has 0 radical (unpaired) electrons. The van der Waals surface area contributed by atoms with Crippen LogP contribution >= 0.6 is 0 Å². The van der Waals surface area contributed by atoms with Gasteiger partial charge in [-0.05, 0) is 26.0 Å². The average Bonchev–Trinajstić information content (AvgIpc) is 2.84. The Balaban J connectivity index is 2.00. The van der Waals surface area contributed by atoms with Gasteiger partial charge >= 0.3 is 5.97 Å². The minimum absolute atomic E-state index is 0.155. The highest BCUT2D eigenvalue weighted by Gasteiger charge is 2.20. The second-order valence-corrected chi connectivity index (χ2v) is 5.08. The van der Waals surface area contributed by atoms with Crippen LogP contribution in [0, 0.1) is 0 Å². The van der Waals surface area contributed by atoms with Gasteiger partial charge in [-0.2, -0.15) is 0 Å². The molecule has 6 nitrogen and oxygen atoms in total. The molecule has 1 aromatic carbocycles. The summed E-state index contributed by atoms with van der Waals surface area (Å²) in [5, 5.41) is 8.84. The third-order valence-corrected chi connectivity index (χ3v) is 3.14. The number of fused-ring (bicyclic) bond motifs is 1. The molecule has 0 atom stereocenters. The zero-order valence-corrected chi connectivity index (χ0v) is 12.1. The number of para-hydroxylation sites is 2. The molecule has 0 unspecified atom stereocenters. The van der Waals surface area contributed by atoms with E-state index < -0.39 is 5.97 Å². The van der Waals surface area contributed by atoms with Crippen LogP contribution in [0.15, 0.2) is 28.7 Å². The van der Waals surface area contributed by atoms with Gasteiger partial charge < -0.3 is 14.4 Å². The lowest BCUT2D eigenvalue weighted by Gasteiger charge is -2.24. The van der Waals surface area contributed by atoms with Gasteiger partial charge in [-0.15, -0.1) is 0 Å². The Bertz CT molecular complexity index is 615. The summed E-state index contributed by atoms with van der Waals surface area (Å²) < 4.78 is 5.54. The first kappa shape index (κ1) is 15.0. The fourth-order valence-corrected chi connectivity index (χ4v) is 2.09. The van der Waals surface area contributed by atoms with Crippen LogP contribution in [0.1, 0.15) is 26.2 Å². The minimum Gasteiger partial charge on any atom is -0.480 e. The molecule has 2 rings (SSSR count). The Morgan fingerprint density at radius 1 is 1.33 bits per heavy atom. The number of nitrogens with zero attached hydrogens (tertiary/aromatic N) is 2. The minimum atomic E-state index is -1.01. The summed E-state index contributed by atoms with van der Waals surface area (Å²) in [6, 6.07) is 7.23. The summed E-state index contributed by atoms with van der Waals surface area (Å²) in [7, 11) is 0. The number of aliphatic carboxylic acids is 1. The van der Waals surface area contributed by atoms with Crippen LogP contribution in [0.3, 0.4) is 0 Å². The summed E-state index contributed by atoms with van der Waals surface area (Å²) in [6.45, 7) is 3.30. The van der Waals surface area contributed by atoms with Gasteiger partial charge in [0.05, 0.1) is 0 Å². The Morgan fingerprint density at radius 2 is 2.05 bits per heavy atom. The molecule has 1 aromatic heterocycles. The van der Waals surface area contributed by atoms with Gasteiger partial charge in [0, 0.05) is 18.9 Å². The SMILES string of the molecule is CC(C)N(CC(=O)O)C(=O)CCc1nc2ccccc2o1. The molecular weight excluding hydrogens is 272 g/mol. The molecule has 0 aliphatic carbocycles. The fourth-order valence-electron chi connectivity index (χ4n) is 2.09. The molecule has 0 aliphatic heterocycles. The number of aromatic nitrogens is 1. The fraction of sp³-hybridized carbons (Fsp3) is 0.400. The standard InChI is InChI=1S/C15H18N2O4/c1-10(2)17(9-15(19)20)14(18)8-7-13-16-11-5-3-4-6-12(11)21-13/h3-6,10H,7-9H2,1-2H3,(H,19,20). The number of amides is 1. The van der Waals surface area contributed by atoms with Crippen LogP contribution in [0.5, 0.6) is 0 Å². The normalized spacial score (nSPS) is 11.0. The van der Waals surface area contributed by atoms with E-state index in [2.05, 4.69) is 4.98 Å². The van der Waals surface area contributed by atoms with E-state index in [-0.39, 0.29) is 24.9 Å². The molecule has 0 spiro atoms. The summed E-state index contributed by atoms with van der Waals surface area (Å²) >= 11 is 0. The van der Waals surface area contributed by atoms with Gasteiger partial charge in [-0.1, -0.05) is 12.1 Å². The number of oxazole rings is 1. The molecular formula is C15H18N2O4. The van der Waals surface area contributed by atoms with E-state index >= 15 is 0 Å². The molecule has 1 amide bonds. The number of carbonyl (C=O) groups excluding carboxylic acids is 1. The van der Waals surface area contributed by atoms with E-state index in [9.17, 15) is 9.59 Å². The van der Waals surface area contributed by atoms with Crippen LogP contribution in [0.4, 0.5) is 0 Å². The van der Waals surface area contributed by atoms with Gasteiger partial charge in [0.1, 0.15) is 12.1 Å². The van der Waals surface area contributed by atoms with Gasteiger partial charge in [0.2, 0.25) is 5.91 Å². The highest BCUT2D eigenvalue weighted by molar-refractivity contribution is 5.81. The van der Waals surface area contributed by atoms with E-state index in [1.165, 1.54) is 4.90 Å². The van der Waals surface area contributed by atoms with Crippen molar-refractivity contribution in [1.29, 1.82) is 0 Å². The topological polar surface area (TPSA) is 83.6 Å². The Morgan fingerprint density at radius 3 is 2.67 bits per heavy atom. The van der Waals surface area contributed by atoms with Crippen molar-refractivity contribution in [3.8, 4) is 0 Å². The first-order valence-corrected chi connectivity index (χ1v) is 6.83. The van der Waals surface area contributed by atoms with E-state index in [0.717, 1.165) is 5.52 Å². The largest absolute Gasteiger partial charge is 0.480 e. The van der Waals surface area contributed by atoms with Crippen molar-refractivity contribution >= 4 is 23.0 Å². The number of hydrogen-bond donors (Lipinski definition) is 1. The zero-order valence-electron chi connectivity index (χ0n) is 12.1. The van der Waals surface area contributed by atoms with Gasteiger partial charge in [-0.3, -0.25) is 9.59 Å². The number of carboxylic acid groups (broad SMARTS) is 1. The molecule has 21 heavy (non-hydrogen) atoms. The summed E-state index contributed by atoms with van der Waals surface area (Å²) in [6.07, 6.45) is 0.536. The Hall–Kier alpha value is -2.37. The average molecular weight is 290 g/mol. The number of benzene rings is 1. The maximum Gasteiger partial charge on any atom is 0.323 e. The maximum absolute atomic E-state index is 12.1. The van der Waals surface area contributed by atoms with Crippen molar-refractivity contribution in [3.05, 3.63) is 30.2 Å². The van der Waals surface area contributed by atoms with Crippen LogP contribution in [0.25, 0.3) is 11.1 Å². The molecule has 0 aliphatic rings. The zero-order chi connectivity index (χ0) is 15.4. The van der Waals surface area contributed by atoms with Crippen LogP contribution in [-0.2, 0) is 16.0 Å². The smallest absolute Gasteiger partial charge is 0.323 e. The second-order valence-electron chi connectivity index (χ2n) is 5.08. The molecule has 1 heterocycles. The molecule has 0 fully saturated rings. The lowest BCUT2D eigenvalue weighted by atomic mass is 10.2. The van der Waals surface area contributed by atoms with Crippen molar-refractivity contribution in [2.24, 2.45) is 0 Å². The molecule has 2 aromatic rings. The van der Waals surface area contributed by atoms with Crippen molar-refractivity contribution in [1.82, 2.24) is 9.88 Å². The van der Waals surface area contributed by atoms with Crippen LogP contribution < -0.4 is 0 Å². The van der Waals surface area contributed by atoms with Gasteiger partial charge in [0.25, 0.3) is 0 Å². The van der Waals surface area contributed by atoms with Crippen molar-refractivity contribution in [3.63, 3.8) is 0 Å². The highest BCUT2D eigenvalue weighted by atomic mass is 16.4. The predicted molar refractivity (Wildman–Crippen MR) is 76.8 cm³/mol. The number of carbonyl (C=O) groups is 2. The lowest BCUT2D eigenvalue weighted by Crippen LogP contribution is -2.40. The molecule has 6 heteroatoms. The molecule has 1 N–H and O–H groups in total. The quantitative estimate of drug-likeness (QED) is 0.880. The third-order valence-electron chi connectivity index (χ3n) is 3.14. The van der Waals surface area contributed by atoms with Crippen molar-refractivity contribution in [2.75, 3.05) is 6.54 Å².